The standard InChI is InChI=1S/C40H50N4O6Si/c1-26-37(51(3,4)31-18-16-30(49-2)17-19-31)35(23-36(46)43-21-9-12-29(43)25-45)50-40(26)32-13-5-6-15-34(32)44(39(40)48)24-27-10-7-11-28(22-27)42-38(47)33-14-8-20-41-33/h5-7,10-11,13,15-19,22,26,29,33,35,37,41,45H,8-9,12,14,20-21,23-25H2,1-4H3,(H,42,47)/t26-,29-,33+,35+,37-,40+/m0/s1. The molecule has 3 amide bonds. The van der Waals surface area contributed by atoms with Gasteiger partial charge in [0.1, 0.15) is 5.75 Å². The number of fused-ring (bicyclic) bond motifs is 2. The van der Waals surface area contributed by atoms with Crippen LogP contribution in [-0.2, 0) is 31.3 Å². The van der Waals surface area contributed by atoms with E-state index in [-0.39, 0.29) is 54.3 Å². The quantitative estimate of drug-likeness (QED) is 0.265. The molecule has 51 heavy (non-hydrogen) atoms. The molecule has 4 heterocycles. The Bertz CT molecular complexity index is 1780. The van der Waals surface area contributed by atoms with Crippen LogP contribution in [0.3, 0.4) is 0 Å². The number of methoxy groups -OCH3 is 1. The number of ether oxygens (including phenoxy) is 2. The molecule has 0 saturated carbocycles. The van der Waals surface area contributed by atoms with Crippen LogP contribution in [0.25, 0.3) is 0 Å². The number of aliphatic hydroxyl groups is 1. The fraction of sp³-hybridized carbons (Fsp3) is 0.475. The summed E-state index contributed by atoms with van der Waals surface area (Å²) in [5.41, 5.74) is 1.86. The first kappa shape index (κ1) is 35.4. The van der Waals surface area contributed by atoms with Gasteiger partial charge < -0.3 is 35.0 Å². The molecule has 6 atom stereocenters. The lowest BCUT2D eigenvalue weighted by atomic mass is 9.82. The number of para-hydroxylation sites is 1. The van der Waals surface area contributed by atoms with Crippen molar-refractivity contribution in [2.45, 2.75) is 88.0 Å². The Balaban J connectivity index is 1.23. The van der Waals surface area contributed by atoms with Gasteiger partial charge in [-0.2, -0.15) is 0 Å². The SMILES string of the molecule is COc1ccc([Si](C)(C)[C@@H]2[C@@H](CC(=O)N3CCC[C@H]3CO)O[C@]3(C(=O)N(Cc4cccc(NC(=O)[C@H]5CCCN5)c4)c4ccccc43)[C@H]2C)cc1. The summed E-state index contributed by atoms with van der Waals surface area (Å²) in [6.45, 7) is 8.46. The topological polar surface area (TPSA) is 120 Å². The number of hydrogen-bond acceptors (Lipinski definition) is 7. The maximum Gasteiger partial charge on any atom is 0.264 e. The van der Waals surface area contributed by atoms with Gasteiger partial charge in [-0.15, -0.1) is 0 Å². The number of aliphatic hydroxyl groups excluding tert-OH is 1. The van der Waals surface area contributed by atoms with Crippen LogP contribution in [0.15, 0.2) is 72.8 Å². The van der Waals surface area contributed by atoms with Gasteiger partial charge in [0.25, 0.3) is 5.91 Å². The molecule has 7 rings (SSSR count). The highest BCUT2D eigenvalue weighted by atomic mass is 28.3. The smallest absolute Gasteiger partial charge is 0.264 e. The fourth-order valence-electron chi connectivity index (χ4n) is 9.34. The minimum Gasteiger partial charge on any atom is -0.497 e. The zero-order chi connectivity index (χ0) is 35.9. The van der Waals surface area contributed by atoms with Crippen molar-refractivity contribution in [1.82, 2.24) is 10.2 Å². The lowest BCUT2D eigenvalue weighted by Crippen LogP contribution is -2.52. The molecule has 3 N–H and O–H groups in total. The third kappa shape index (κ3) is 6.28. The van der Waals surface area contributed by atoms with E-state index in [0.29, 0.717) is 18.8 Å². The molecule has 0 radical (unpaired) electrons. The van der Waals surface area contributed by atoms with Crippen molar-refractivity contribution < 1.29 is 29.0 Å². The molecule has 3 fully saturated rings. The summed E-state index contributed by atoms with van der Waals surface area (Å²) in [7, 11) is -0.776. The number of carbonyl (C=O) groups is 3. The number of anilines is 2. The molecule has 11 heteroatoms. The summed E-state index contributed by atoms with van der Waals surface area (Å²) < 4.78 is 12.6. The summed E-state index contributed by atoms with van der Waals surface area (Å²) in [5.74, 6) is 0.326. The number of rotatable bonds is 10. The second kappa shape index (κ2) is 14.2. The Labute approximate surface area is 301 Å². The van der Waals surface area contributed by atoms with Gasteiger partial charge in [0.05, 0.1) is 58.6 Å². The third-order valence-electron chi connectivity index (χ3n) is 11.9. The van der Waals surface area contributed by atoms with Crippen molar-refractivity contribution in [3.63, 3.8) is 0 Å². The first-order valence-corrected chi connectivity index (χ1v) is 21.4. The number of nitrogens with one attached hydrogen (secondary N) is 2. The average molecular weight is 711 g/mol. The molecule has 0 aliphatic carbocycles. The second-order valence-electron chi connectivity index (χ2n) is 15.2. The van der Waals surface area contributed by atoms with E-state index in [2.05, 4.69) is 42.8 Å². The van der Waals surface area contributed by atoms with Crippen molar-refractivity contribution in [2.24, 2.45) is 5.92 Å². The summed E-state index contributed by atoms with van der Waals surface area (Å²) in [6, 6.07) is 23.4. The molecular weight excluding hydrogens is 661 g/mol. The summed E-state index contributed by atoms with van der Waals surface area (Å²) >= 11 is 0. The van der Waals surface area contributed by atoms with E-state index >= 15 is 4.79 Å². The molecule has 3 saturated heterocycles. The molecule has 0 bridgehead atoms. The molecule has 4 aliphatic heterocycles. The van der Waals surface area contributed by atoms with Gasteiger partial charge in [-0.25, -0.2) is 0 Å². The highest BCUT2D eigenvalue weighted by molar-refractivity contribution is 6.91. The molecular formula is C40H50N4O6Si. The molecule has 10 nitrogen and oxygen atoms in total. The van der Waals surface area contributed by atoms with Crippen molar-refractivity contribution in [3.8, 4) is 5.75 Å². The summed E-state index contributed by atoms with van der Waals surface area (Å²) in [5, 5.41) is 17.5. The van der Waals surface area contributed by atoms with Crippen molar-refractivity contribution >= 4 is 42.4 Å². The number of carbonyl (C=O) groups excluding carboxylic acids is 3. The van der Waals surface area contributed by atoms with Crippen LogP contribution in [0.4, 0.5) is 11.4 Å². The Kier molecular flexibility index (Phi) is 9.83. The van der Waals surface area contributed by atoms with Gasteiger partial charge in [0, 0.05) is 23.7 Å². The Hall–Kier alpha value is -4.03. The van der Waals surface area contributed by atoms with Crippen LogP contribution in [0.1, 0.15) is 50.2 Å². The largest absolute Gasteiger partial charge is 0.497 e. The van der Waals surface area contributed by atoms with Crippen LogP contribution in [0.2, 0.25) is 18.6 Å². The van der Waals surface area contributed by atoms with Crippen LogP contribution in [0, 0.1) is 5.92 Å². The second-order valence-corrected chi connectivity index (χ2v) is 19.9. The third-order valence-corrected chi connectivity index (χ3v) is 16.3. The maximum atomic E-state index is 15.1. The highest BCUT2D eigenvalue weighted by Gasteiger charge is 2.66. The van der Waals surface area contributed by atoms with E-state index < -0.39 is 19.8 Å². The van der Waals surface area contributed by atoms with E-state index in [9.17, 15) is 14.7 Å². The molecule has 270 valence electrons. The highest BCUT2D eigenvalue weighted by Crippen LogP contribution is 2.60. The Morgan fingerprint density at radius 3 is 2.57 bits per heavy atom. The van der Waals surface area contributed by atoms with Crippen molar-refractivity contribution in [1.29, 1.82) is 0 Å². The van der Waals surface area contributed by atoms with Crippen LogP contribution >= 0.6 is 0 Å². The zero-order valence-electron chi connectivity index (χ0n) is 30.1. The van der Waals surface area contributed by atoms with E-state index in [1.807, 2.05) is 70.5 Å². The lowest BCUT2D eigenvalue weighted by Gasteiger charge is -2.37. The van der Waals surface area contributed by atoms with Gasteiger partial charge in [-0.05, 0) is 73.7 Å². The average Bonchev–Trinajstić information content (AvgIpc) is 3.94. The molecule has 3 aromatic rings. The molecule has 1 spiro atoms. The van der Waals surface area contributed by atoms with Crippen LogP contribution < -0.4 is 25.5 Å². The number of hydrogen-bond donors (Lipinski definition) is 3. The van der Waals surface area contributed by atoms with Crippen molar-refractivity contribution in [3.05, 3.63) is 83.9 Å². The summed E-state index contributed by atoms with van der Waals surface area (Å²) in [6.07, 6.45) is 3.09. The number of benzene rings is 3. The summed E-state index contributed by atoms with van der Waals surface area (Å²) in [4.78, 5) is 45.6. The minimum absolute atomic E-state index is 0.0346. The van der Waals surface area contributed by atoms with Crippen LogP contribution in [-0.4, -0.2) is 80.8 Å². The number of likely N-dealkylation sites (tertiary alicyclic amines) is 1. The predicted octanol–water partition coefficient (Wildman–Crippen LogP) is 4.52. The van der Waals surface area contributed by atoms with Gasteiger partial charge in [-0.3, -0.25) is 14.4 Å². The normalized spacial score (nSPS) is 27.3. The molecule has 0 unspecified atom stereocenters. The fourth-order valence-corrected chi connectivity index (χ4v) is 13.3. The first-order chi connectivity index (χ1) is 24.6. The zero-order valence-corrected chi connectivity index (χ0v) is 31.1. The van der Waals surface area contributed by atoms with E-state index in [4.69, 9.17) is 9.47 Å². The van der Waals surface area contributed by atoms with E-state index in [0.717, 1.165) is 54.8 Å². The van der Waals surface area contributed by atoms with E-state index in [1.165, 1.54) is 5.19 Å². The monoisotopic (exact) mass is 710 g/mol. The predicted molar refractivity (Wildman–Crippen MR) is 200 cm³/mol. The first-order valence-electron chi connectivity index (χ1n) is 18.4. The van der Waals surface area contributed by atoms with Gasteiger partial charge in [-0.1, -0.05) is 67.7 Å². The molecule has 3 aromatic carbocycles. The van der Waals surface area contributed by atoms with Gasteiger partial charge in [0.15, 0.2) is 5.60 Å². The van der Waals surface area contributed by atoms with Gasteiger partial charge >= 0.3 is 0 Å². The minimum atomic E-state index is -2.43. The number of amides is 3. The Morgan fingerprint density at radius 2 is 1.84 bits per heavy atom. The maximum absolute atomic E-state index is 15.1. The number of nitrogens with zero attached hydrogens (tertiary/aromatic N) is 2. The lowest BCUT2D eigenvalue weighted by molar-refractivity contribution is -0.150. The van der Waals surface area contributed by atoms with E-state index in [1.54, 1.807) is 7.11 Å². The Morgan fingerprint density at radius 1 is 1.06 bits per heavy atom. The molecule has 4 aliphatic rings. The molecule has 0 aromatic heterocycles. The van der Waals surface area contributed by atoms with Crippen molar-refractivity contribution in [2.75, 3.05) is 37.0 Å². The van der Waals surface area contributed by atoms with Crippen LogP contribution in [0.5, 0.6) is 5.75 Å². The van der Waals surface area contributed by atoms with Gasteiger partial charge in [0.2, 0.25) is 11.8 Å².